The Bertz CT molecular complexity index is 1010. The smallest absolute Gasteiger partial charge is 0.306 e. The van der Waals surface area contributed by atoms with E-state index in [4.69, 9.17) is 25.1 Å². The Balaban J connectivity index is 1.90. The first-order valence-corrected chi connectivity index (χ1v) is 11.3. The van der Waals surface area contributed by atoms with Gasteiger partial charge in [-0.25, -0.2) is 4.99 Å². The fourth-order valence-corrected chi connectivity index (χ4v) is 3.71. The fraction of sp³-hybridized carbons (Fsp3) is 0.423. The number of amides is 1. The van der Waals surface area contributed by atoms with Gasteiger partial charge >= 0.3 is 5.97 Å². The molecule has 8 nitrogen and oxygen atoms in total. The van der Waals surface area contributed by atoms with E-state index in [-0.39, 0.29) is 25.3 Å². The van der Waals surface area contributed by atoms with Gasteiger partial charge in [0.25, 0.3) is 0 Å². The van der Waals surface area contributed by atoms with Gasteiger partial charge in [-0.05, 0) is 57.0 Å². The molecule has 182 valence electrons. The third kappa shape index (κ3) is 6.14. The normalized spacial score (nSPS) is 19.8. The summed E-state index contributed by atoms with van der Waals surface area (Å²) in [5.74, 6) is -0.211. The van der Waals surface area contributed by atoms with Crippen LogP contribution in [0.2, 0.25) is 0 Å². The van der Waals surface area contributed by atoms with Gasteiger partial charge in [0.15, 0.2) is 11.6 Å². The largest absolute Gasteiger partial charge is 0.494 e. The second-order valence-electron chi connectivity index (χ2n) is 9.15. The van der Waals surface area contributed by atoms with E-state index in [0.717, 1.165) is 5.56 Å². The van der Waals surface area contributed by atoms with Crippen LogP contribution in [0.1, 0.15) is 57.3 Å². The van der Waals surface area contributed by atoms with Crippen LogP contribution in [0.4, 0.5) is 0 Å². The number of rotatable bonds is 10. The number of nitrogens with zero attached hydrogens (tertiary/aromatic N) is 1. The minimum atomic E-state index is -1.47. The van der Waals surface area contributed by atoms with E-state index in [1.807, 2.05) is 30.3 Å². The highest BCUT2D eigenvalue weighted by molar-refractivity contribution is 6.00. The van der Waals surface area contributed by atoms with Gasteiger partial charge in [0.1, 0.15) is 11.4 Å². The highest BCUT2D eigenvalue weighted by atomic mass is 16.6. The summed E-state index contributed by atoms with van der Waals surface area (Å²) in [6.45, 7) is 5.82. The summed E-state index contributed by atoms with van der Waals surface area (Å²) in [5, 5.41) is 8.90. The summed E-state index contributed by atoms with van der Waals surface area (Å²) in [7, 11) is 0. The molecule has 0 aliphatic carbocycles. The van der Waals surface area contributed by atoms with Crippen LogP contribution < -0.4 is 10.5 Å². The molecule has 34 heavy (non-hydrogen) atoms. The van der Waals surface area contributed by atoms with E-state index in [2.05, 4.69) is 4.99 Å². The van der Waals surface area contributed by atoms with Crippen molar-refractivity contribution < 1.29 is 28.9 Å². The van der Waals surface area contributed by atoms with Crippen LogP contribution in [0.3, 0.4) is 0 Å². The standard InChI is InChI=1S/C26H32N2O6/c1-25(2,3)34-21(30)14-15-26(24(27)31)22(18-8-5-4-6-9-18)33-23(28-26)19-10-12-20(13-11-19)32-17-7-16-29/h4-6,8-13,22,29H,7,14-17H2,1-3H3,(H2,27,31)/t22-,26-/m1/s1. The molecule has 1 heterocycles. The minimum absolute atomic E-state index is 0.0404. The third-order valence-corrected chi connectivity index (χ3v) is 5.30. The van der Waals surface area contributed by atoms with Gasteiger partial charge in [-0.15, -0.1) is 0 Å². The maximum Gasteiger partial charge on any atom is 0.306 e. The van der Waals surface area contributed by atoms with Gasteiger partial charge in [0.05, 0.1) is 6.61 Å². The van der Waals surface area contributed by atoms with E-state index >= 15 is 0 Å². The Morgan fingerprint density at radius 2 is 1.79 bits per heavy atom. The van der Waals surface area contributed by atoms with Crippen LogP contribution in [-0.4, -0.2) is 47.2 Å². The van der Waals surface area contributed by atoms with Crippen molar-refractivity contribution in [2.45, 2.75) is 57.3 Å². The SMILES string of the molecule is CC(C)(C)OC(=O)CC[C@@]1(C(N)=O)N=C(c2ccc(OCCCO)cc2)O[C@@H]1c1ccccc1. The molecule has 1 amide bonds. The molecule has 2 aromatic carbocycles. The van der Waals surface area contributed by atoms with Crippen molar-refractivity contribution in [3.63, 3.8) is 0 Å². The molecule has 0 saturated heterocycles. The van der Waals surface area contributed by atoms with Crippen molar-refractivity contribution in [3.8, 4) is 5.75 Å². The summed E-state index contributed by atoms with van der Waals surface area (Å²) in [5.41, 5.74) is 5.16. The number of esters is 1. The zero-order valence-electron chi connectivity index (χ0n) is 19.8. The molecule has 0 unspecified atom stereocenters. The molecule has 8 heteroatoms. The predicted octanol–water partition coefficient (Wildman–Crippen LogP) is 3.31. The molecule has 2 atom stereocenters. The van der Waals surface area contributed by atoms with E-state index in [1.54, 1.807) is 45.0 Å². The monoisotopic (exact) mass is 468 g/mol. The number of benzene rings is 2. The lowest BCUT2D eigenvalue weighted by Gasteiger charge is -2.29. The molecule has 1 aliphatic heterocycles. The minimum Gasteiger partial charge on any atom is -0.494 e. The summed E-state index contributed by atoms with van der Waals surface area (Å²) in [6.07, 6.45) is -0.247. The van der Waals surface area contributed by atoms with Crippen molar-refractivity contribution in [1.82, 2.24) is 0 Å². The molecule has 3 N–H and O–H groups in total. The lowest BCUT2D eigenvalue weighted by atomic mass is 9.83. The first-order valence-electron chi connectivity index (χ1n) is 11.3. The Labute approximate surface area is 199 Å². The molecular formula is C26H32N2O6. The van der Waals surface area contributed by atoms with Gasteiger partial charge < -0.3 is 25.1 Å². The fourth-order valence-electron chi connectivity index (χ4n) is 3.71. The number of aliphatic hydroxyl groups excluding tert-OH is 1. The average molecular weight is 469 g/mol. The maximum atomic E-state index is 12.8. The summed E-state index contributed by atoms with van der Waals surface area (Å²) in [6, 6.07) is 16.3. The molecule has 0 bridgehead atoms. The van der Waals surface area contributed by atoms with Gasteiger partial charge in [0.2, 0.25) is 11.8 Å². The highest BCUT2D eigenvalue weighted by Gasteiger charge is 2.52. The number of hydrogen-bond acceptors (Lipinski definition) is 7. The van der Waals surface area contributed by atoms with Crippen molar-refractivity contribution in [2.75, 3.05) is 13.2 Å². The quantitative estimate of drug-likeness (QED) is 0.408. The molecule has 0 spiro atoms. The van der Waals surface area contributed by atoms with Crippen LogP contribution in [-0.2, 0) is 19.1 Å². The van der Waals surface area contributed by atoms with Gasteiger partial charge in [-0.1, -0.05) is 30.3 Å². The van der Waals surface area contributed by atoms with Crippen molar-refractivity contribution >= 4 is 17.8 Å². The Kier molecular flexibility index (Phi) is 7.94. The molecule has 3 rings (SSSR count). The molecule has 0 radical (unpaired) electrons. The zero-order valence-corrected chi connectivity index (χ0v) is 19.8. The lowest BCUT2D eigenvalue weighted by Crippen LogP contribution is -2.46. The first kappa shape index (κ1) is 25.2. The number of nitrogens with two attached hydrogens (primary N) is 1. The van der Waals surface area contributed by atoms with Crippen LogP contribution in [0.15, 0.2) is 59.6 Å². The number of hydrogen-bond donors (Lipinski definition) is 2. The van der Waals surface area contributed by atoms with E-state index in [9.17, 15) is 9.59 Å². The Morgan fingerprint density at radius 3 is 2.38 bits per heavy atom. The number of aliphatic imine (C=N–C) groups is 1. The molecule has 0 saturated carbocycles. The summed E-state index contributed by atoms with van der Waals surface area (Å²) >= 11 is 0. The van der Waals surface area contributed by atoms with E-state index in [1.165, 1.54) is 0 Å². The third-order valence-electron chi connectivity index (χ3n) is 5.30. The topological polar surface area (TPSA) is 120 Å². The number of carbonyl (C=O) groups excluding carboxylic acids is 2. The number of carbonyl (C=O) groups is 2. The molecular weight excluding hydrogens is 436 g/mol. The first-order chi connectivity index (χ1) is 16.1. The average Bonchev–Trinajstić information content (AvgIpc) is 3.19. The van der Waals surface area contributed by atoms with Gasteiger partial charge in [-0.3, -0.25) is 9.59 Å². The Hall–Kier alpha value is -3.39. The van der Waals surface area contributed by atoms with Crippen LogP contribution in [0.25, 0.3) is 0 Å². The van der Waals surface area contributed by atoms with Crippen molar-refractivity contribution in [2.24, 2.45) is 10.7 Å². The van der Waals surface area contributed by atoms with Crippen LogP contribution in [0.5, 0.6) is 5.75 Å². The molecule has 0 fully saturated rings. The number of ether oxygens (including phenoxy) is 3. The second-order valence-corrected chi connectivity index (χ2v) is 9.15. The second kappa shape index (κ2) is 10.7. The molecule has 0 aromatic heterocycles. The maximum absolute atomic E-state index is 12.8. The van der Waals surface area contributed by atoms with Crippen molar-refractivity contribution in [1.29, 1.82) is 0 Å². The molecule has 1 aliphatic rings. The number of aliphatic hydroxyl groups is 1. The lowest BCUT2D eigenvalue weighted by molar-refractivity contribution is -0.155. The van der Waals surface area contributed by atoms with E-state index in [0.29, 0.717) is 24.3 Å². The Morgan fingerprint density at radius 1 is 1.12 bits per heavy atom. The predicted molar refractivity (Wildman–Crippen MR) is 127 cm³/mol. The summed E-state index contributed by atoms with van der Waals surface area (Å²) < 4.78 is 17.2. The van der Waals surface area contributed by atoms with Crippen LogP contribution >= 0.6 is 0 Å². The number of primary amides is 1. The van der Waals surface area contributed by atoms with E-state index < -0.39 is 29.1 Å². The van der Waals surface area contributed by atoms with Gasteiger partial charge in [0, 0.05) is 25.0 Å². The van der Waals surface area contributed by atoms with Crippen LogP contribution in [0, 0.1) is 0 Å². The zero-order chi connectivity index (χ0) is 24.8. The molecule has 2 aromatic rings. The summed E-state index contributed by atoms with van der Waals surface area (Å²) in [4.78, 5) is 29.9. The van der Waals surface area contributed by atoms with Crippen molar-refractivity contribution in [3.05, 3.63) is 65.7 Å². The highest BCUT2D eigenvalue weighted by Crippen LogP contribution is 2.42. The van der Waals surface area contributed by atoms with Gasteiger partial charge in [-0.2, -0.15) is 0 Å².